The fraction of sp³-hybridized carbons (Fsp3) is 0.357. The van der Waals surface area contributed by atoms with Crippen molar-refractivity contribution in [2.24, 2.45) is 5.92 Å². The van der Waals surface area contributed by atoms with Crippen molar-refractivity contribution in [1.29, 1.82) is 0 Å². The highest BCUT2D eigenvalue weighted by molar-refractivity contribution is 5.93. The van der Waals surface area contributed by atoms with Gasteiger partial charge in [-0.25, -0.2) is 4.98 Å². The van der Waals surface area contributed by atoms with E-state index in [-0.39, 0.29) is 24.1 Å². The number of amides is 1. The number of aliphatic hydroxyl groups is 1. The third-order valence-corrected chi connectivity index (χ3v) is 2.92. The number of aliphatic hydroxyl groups excluding tert-OH is 1. The molecule has 100 valence electrons. The highest BCUT2D eigenvalue weighted by Crippen LogP contribution is 2.08. The number of hydrogen-bond donors (Lipinski definition) is 2. The molecule has 0 aliphatic carbocycles. The molecule has 1 aromatic carbocycles. The molecule has 5 heteroatoms. The number of benzene rings is 1. The second kappa shape index (κ2) is 5.75. The Balaban J connectivity index is 2.09. The lowest BCUT2D eigenvalue weighted by Gasteiger charge is -2.14. The first-order valence-electron chi connectivity index (χ1n) is 6.26. The lowest BCUT2D eigenvalue weighted by Crippen LogP contribution is -2.35. The van der Waals surface area contributed by atoms with Gasteiger partial charge in [-0.05, 0) is 18.1 Å². The molecule has 1 unspecified atom stereocenters. The average molecular weight is 259 g/mol. The summed E-state index contributed by atoms with van der Waals surface area (Å²) in [6.07, 6.45) is 0.886. The molecular formula is C14H17N3O2. The average Bonchev–Trinajstić information content (AvgIpc) is 2.43. The Hall–Kier alpha value is -2.01. The zero-order valence-corrected chi connectivity index (χ0v) is 11.0. The van der Waals surface area contributed by atoms with Crippen LogP contribution < -0.4 is 5.32 Å². The van der Waals surface area contributed by atoms with Crippen molar-refractivity contribution in [2.75, 3.05) is 6.54 Å². The normalized spacial score (nSPS) is 12.6. The van der Waals surface area contributed by atoms with Crippen molar-refractivity contribution < 1.29 is 9.90 Å². The fourth-order valence-corrected chi connectivity index (χ4v) is 1.59. The first-order chi connectivity index (χ1) is 9.08. The van der Waals surface area contributed by atoms with E-state index in [1.54, 1.807) is 0 Å². The summed E-state index contributed by atoms with van der Waals surface area (Å²) in [6.45, 7) is 4.00. The van der Waals surface area contributed by atoms with Crippen molar-refractivity contribution in [1.82, 2.24) is 15.3 Å². The van der Waals surface area contributed by atoms with Gasteiger partial charge in [-0.3, -0.25) is 9.78 Å². The molecule has 2 rings (SSSR count). The molecule has 0 fully saturated rings. The fourth-order valence-electron chi connectivity index (χ4n) is 1.59. The minimum Gasteiger partial charge on any atom is -0.391 e. The van der Waals surface area contributed by atoms with Gasteiger partial charge in [-0.1, -0.05) is 26.0 Å². The lowest BCUT2D eigenvalue weighted by atomic mass is 10.1. The molecule has 0 spiro atoms. The zero-order chi connectivity index (χ0) is 13.8. The van der Waals surface area contributed by atoms with Gasteiger partial charge in [-0.2, -0.15) is 0 Å². The van der Waals surface area contributed by atoms with Gasteiger partial charge in [0.2, 0.25) is 0 Å². The summed E-state index contributed by atoms with van der Waals surface area (Å²) in [5.74, 6) is -0.221. The zero-order valence-electron chi connectivity index (χ0n) is 11.0. The van der Waals surface area contributed by atoms with Gasteiger partial charge in [0.1, 0.15) is 5.69 Å². The van der Waals surface area contributed by atoms with Crippen molar-refractivity contribution in [3.8, 4) is 0 Å². The van der Waals surface area contributed by atoms with E-state index in [0.29, 0.717) is 5.52 Å². The molecule has 0 bridgehead atoms. The second-order valence-electron chi connectivity index (χ2n) is 4.77. The van der Waals surface area contributed by atoms with Crippen LogP contribution in [-0.2, 0) is 0 Å². The number of nitrogens with one attached hydrogen (secondary N) is 1. The van der Waals surface area contributed by atoms with Crippen LogP contribution in [0.25, 0.3) is 11.0 Å². The van der Waals surface area contributed by atoms with Gasteiger partial charge < -0.3 is 10.4 Å². The number of carbonyl (C=O) groups excluding carboxylic acids is 1. The minimum absolute atomic E-state index is 0.1000. The minimum atomic E-state index is -0.558. The highest BCUT2D eigenvalue weighted by atomic mass is 16.3. The summed E-state index contributed by atoms with van der Waals surface area (Å²) in [7, 11) is 0. The van der Waals surface area contributed by atoms with E-state index >= 15 is 0 Å². The third-order valence-electron chi connectivity index (χ3n) is 2.92. The van der Waals surface area contributed by atoms with Crippen molar-refractivity contribution >= 4 is 16.9 Å². The molecule has 0 aliphatic heterocycles. The Bertz CT molecular complexity index is 584. The molecular weight excluding hydrogens is 242 g/mol. The van der Waals surface area contributed by atoms with E-state index in [2.05, 4.69) is 15.3 Å². The van der Waals surface area contributed by atoms with Crippen molar-refractivity contribution in [3.63, 3.8) is 0 Å². The molecule has 1 amide bonds. The van der Waals surface area contributed by atoms with Gasteiger partial charge >= 0.3 is 0 Å². The van der Waals surface area contributed by atoms with Crippen LogP contribution in [0, 0.1) is 5.92 Å². The Labute approximate surface area is 111 Å². The molecule has 1 atom stereocenters. The molecule has 0 saturated carbocycles. The number of nitrogens with zero attached hydrogens (tertiary/aromatic N) is 2. The number of hydrogen-bond acceptors (Lipinski definition) is 4. The predicted octanol–water partition coefficient (Wildman–Crippen LogP) is 1.38. The SMILES string of the molecule is CC(C)C(O)CNC(=O)c1cnc2ccccc2n1. The largest absolute Gasteiger partial charge is 0.391 e. The number of carbonyl (C=O) groups is 1. The maximum Gasteiger partial charge on any atom is 0.271 e. The topological polar surface area (TPSA) is 75.1 Å². The summed E-state index contributed by atoms with van der Waals surface area (Å²) in [6, 6.07) is 7.37. The summed E-state index contributed by atoms with van der Waals surface area (Å²) in [5, 5.41) is 12.3. The lowest BCUT2D eigenvalue weighted by molar-refractivity contribution is 0.0867. The van der Waals surface area contributed by atoms with Gasteiger partial charge in [-0.15, -0.1) is 0 Å². The van der Waals surface area contributed by atoms with Crippen LogP contribution in [0.5, 0.6) is 0 Å². The van der Waals surface area contributed by atoms with Crippen LogP contribution in [0.15, 0.2) is 30.5 Å². The number of aromatic nitrogens is 2. The molecule has 5 nitrogen and oxygen atoms in total. The standard InChI is InChI=1S/C14H17N3O2/c1-9(2)13(18)8-16-14(19)12-7-15-10-5-3-4-6-11(10)17-12/h3-7,9,13,18H,8H2,1-2H3,(H,16,19). The molecule has 1 aromatic heterocycles. The van der Waals surface area contributed by atoms with Crippen molar-refractivity contribution in [3.05, 3.63) is 36.2 Å². The molecule has 2 aromatic rings. The highest BCUT2D eigenvalue weighted by Gasteiger charge is 2.13. The van der Waals surface area contributed by atoms with E-state index < -0.39 is 6.10 Å². The first kappa shape index (κ1) is 13.4. The smallest absolute Gasteiger partial charge is 0.271 e. The predicted molar refractivity (Wildman–Crippen MR) is 72.7 cm³/mol. The van der Waals surface area contributed by atoms with Gasteiger partial charge in [0, 0.05) is 6.54 Å². The van der Waals surface area contributed by atoms with Crippen molar-refractivity contribution in [2.45, 2.75) is 20.0 Å². The van der Waals surface area contributed by atoms with Crippen LogP contribution in [0.3, 0.4) is 0 Å². The van der Waals surface area contributed by atoms with Crippen LogP contribution in [0.1, 0.15) is 24.3 Å². The molecule has 1 heterocycles. The quantitative estimate of drug-likeness (QED) is 0.869. The second-order valence-corrected chi connectivity index (χ2v) is 4.77. The first-order valence-corrected chi connectivity index (χ1v) is 6.26. The summed E-state index contributed by atoms with van der Waals surface area (Å²) >= 11 is 0. The number of para-hydroxylation sites is 2. The van der Waals surface area contributed by atoms with E-state index in [0.717, 1.165) is 5.52 Å². The summed E-state index contributed by atoms with van der Waals surface area (Å²) in [5.41, 5.74) is 1.69. The van der Waals surface area contributed by atoms with Crippen LogP contribution in [-0.4, -0.2) is 33.6 Å². The van der Waals surface area contributed by atoms with E-state index in [9.17, 15) is 9.90 Å². The summed E-state index contributed by atoms with van der Waals surface area (Å²) < 4.78 is 0. The monoisotopic (exact) mass is 259 g/mol. The van der Waals surface area contributed by atoms with Gasteiger partial charge in [0.15, 0.2) is 0 Å². The van der Waals surface area contributed by atoms with Crippen LogP contribution in [0.4, 0.5) is 0 Å². The van der Waals surface area contributed by atoms with E-state index in [1.807, 2.05) is 38.1 Å². The van der Waals surface area contributed by atoms with Crippen LogP contribution >= 0.6 is 0 Å². The van der Waals surface area contributed by atoms with Gasteiger partial charge in [0.25, 0.3) is 5.91 Å². The summed E-state index contributed by atoms with van der Waals surface area (Å²) in [4.78, 5) is 20.3. The Morgan fingerprint density at radius 1 is 1.32 bits per heavy atom. The third kappa shape index (κ3) is 3.26. The van der Waals surface area contributed by atoms with Gasteiger partial charge in [0.05, 0.1) is 23.3 Å². The number of fused-ring (bicyclic) bond motifs is 1. The Morgan fingerprint density at radius 3 is 2.68 bits per heavy atom. The molecule has 0 saturated heterocycles. The van der Waals surface area contributed by atoms with Crippen LogP contribution in [0.2, 0.25) is 0 Å². The molecule has 0 aliphatic rings. The maximum absolute atomic E-state index is 11.9. The molecule has 19 heavy (non-hydrogen) atoms. The van der Waals surface area contributed by atoms with E-state index in [4.69, 9.17) is 0 Å². The number of rotatable bonds is 4. The Morgan fingerprint density at radius 2 is 2.00 bits per heavy atom. The maximum atomic E-state index is 11.9. The molecule has 0 radical (unpaired) electrons. The molecule has 2 N–H and O–H groups in total. The Kier molecular flexibility index (Phi) is 4.06. The van der Waals surface area contributed by atoms with E-state index in [1.165, 1.54) is 6.20 Å².